The van der Waals surface area contributed by atoms with Gasteiger partial charge in [-0.15, -0.1) is 0 Å². The van der Waals surface area contributed by atoms with Crippen LogP contribution >= 0.6 is 0 Å². The molecule has 0 bridgehead atoms. The zero-order chi connectivity index (χ0) is 13.9. The number of benzene rings is 1. The largest absolute Gasteiger partial charge is 0.466 e. The monoisotopic (exact) mass is 261 g/mol. The second-order valence-electron chi connectivity index (χ2n) is 5.51. The predicted octanol–water partition coefficient (Wildman–Crippen LogP) is 2.26. The number of ether oxygens (including phenoxy) is 1. The van der Waals surface area contributed by atoms with Gasteiger partial charge in [-0.25, -0.2) is 9.67 Å². The van der Waals surface area contributed by atoms with E-state index >= 15 is 0 Å². The van der Waals surface area contributed by atoms with E-state index in [9.17, 15) is 5.11 Å². The van der Waals surface area contributed by atoms with Gasteiger partial charge in [-0.05, 0) is 17.5 Å². The first kappa shape index (κ1) is 13.5. The number of aromatic nitrogens is 3. The van der Waals surface area contributed by atoms with Crippen LogP contribution in [0.4, 0.5) is 0 Å². The Kier molecular flexibility index (Phi) is 3.85. The number of aliphatic hydroxyl groups is 1. The summed E-state index contributed by atoms with van der Waals surface area (Å²) in [7, 11) is 0. The Morgan fingerprint density at radius 2 is 1.89 bits per heavy atom. The van der Waals surface area contributed by atoms with Crippen LogP contribution in [0.25, 0.3) is 0 Å². The van der Waals surface area contributed by atoms with Crippen LogP contribution in [0.1, 0.15) is 27.0 Å². The van der Waals surface area contributed by atoms with Gasteiger partial charge >= 0.3 is 0 Å². The lowest BCUT2D eigenvalue weighted by molar-refractivity contribution is -0.0731. The van der Waals surface area contributed by atoms with Gasteiger partial charge in [0.1, 0.15) is 24.5 Å². The summed E-state index contributed by atoms with van der Waals surface area (Å²) in [6.45, 7) is 5.86. The van der Waals surface area contributed by atoms with E-state index in [-0.39, 0.29) is 5.41 Å². The number of hydrogen-bond acceptors (Lipinski definition) is 4. The van der Waals surface area contributed by atoms with Crippen molar-refractivity contribution in [2.75, 3.05) is 0 Å². The minimum atomic E-state index is -0.714. The predicted molar refractivity (Wildman–Crippen MR) is 71.6 cm³/mol. The van der Waals surface area contributed by atoms with E-state index in [1.165, 1.54) is 11.0 Å². The van der Waals surface area contributed by atoms with Crippen molar-refractivity contribution in [2.45, 2.75) is 33.1 Å². The SMILES string of the molecule is CC(C)(C)C(O)C(Oc1ccccc1)n1cncn1. The number of aliphatic hydroxyl groups excluding tert-OH is 1. The van der Waals surface area contributed by atoms with Gasteiger partial charge in [0.05, 0.1) is 0 Å². The van der Waals surface area contributed by atoms with E-state index in [1.807, 2.05) is 51.1 Å². The maximum Gasteiger partial charge on any atom is 0.219 e. The Hall–Kier alpha value is -1.88. The first-order chi connectivity index (χ1) is 8.98. The molecule has 2 unspecified atom stereocenters. The van der Waals surface area contributed by atoms with Crippen LogP contribution in [0.3, 0.4) is 0 Å². The fourth-order valence-electron chi connectivity index (χ4n) is 1.68. The second-order valence-corrected chi connectivity index (χ2v) is 5.51. The topological polar surface area (TPSA) is 60.2 Å². The molecule has 2 aromatic rings. The molecule has 1 N–H and O–H groups in total. The van der Waals surface area contributed by atoms with E-state index in [2.05, 4.69) is 10.1 Å². The maximum atomic E-state index is 10.5. The van der Waals surface area contributed by atoms with Crippen molar-refractivity contribution in [2.24, 2.45) is 5.41 Å². The average Bonchev–Trinajstić information content (AvgIpc) is 2.89. The quantitative estimate of drug-likeness (QED) is 0.917. The molecular weight excluding hydrogens is 242 g/mol. The van der Waals surface area contributed by atoms with Gasteiger partial charge in [0.15, 0.2) is 0 Å². The lowest BCUT2D eigenvalue weighted by Gasteiger charge is -2.32. The molecule has 1 heterocycles. The molecular formula is C14H19N3O2. The molecule has 5 heteroatoms. The van der Waals surface area contributed by atoms with Crippen molar-refractivity contribution in [3.63, 3.8) is 0 Å². The lowest BCUT2D eigenvalue weighted by Crippen LogP contribution is -2.38. The summed E-state index contributed by atoms with van der Waals surface area (Å²) in [6, 6.07) is 9.38. The summed E-state index contributed by atoms with van der Waals surface area (Å²) in [5.41, 5.74) is -0.328. The molecule has 2 atom stereocenters. The standard InChI is InChI=1S/C14H19N3O2/c1-14(2,3)12(18)13(17-10-15-9-16-17)19-11-7-5-4-6-8-11/h4-10,12-13,18H,1-3H3. The number of hydrogen-bond donors (Lipinski definition) is 1. The van der Waals surface area contributed by atoms with Crippen LogP contribution < -0.4 is 4.74 Å². The molecule has 19 heavy (non-hydrogen) atoms. The second kappa shape index (κ2) is 5.40. The van der Waals surface area contributed by atoms with Gasteiger partial charge in [-0.3, -0.25) is 0 Å². The molecule has 102 valence electrons. The summed E-state index contributed by atoms with van der Waals surface area (Å²) < 4.78 is 7.39. The third kappa shape index (κ3) is 3.32. The van der Waals surface area contributed by atoms with Crippen LogP contribution in [0.2, 0.25) is 0 Å². The average molecular weight is 261 g/mol. The van der Waals surface area contributed by atoms with Gasteiger partial charge in [0.2, 0.25) is 6.23 Å². The van der Waals surface area contributed by atoms with Crippen LogP contribution in [-0.2, 0) is 0 Å². The van der Waals surface area contributed by atoms with E-state index in [4.69, 9.17) is 4.74 Å². The molecule has 0 aliphatic rings. The number of nitrogens with zero attached hydrogens (tertiary/aromatic N) is 3. The lowest BCUT2D eigenvalue weighted by atomic mass is 9.88. The first-order valence-corrected chi connectivity index (χ1v) is 6.22. The summed E-state index contributed by atoms with van der Waals surface area (Å²) in [5.74, 6) is 0.686. The zero-order valence-electron chi connectivity index (χ0n) is 11.4. The van der Waals surface area contributed by atoms with Crippen molar-refractivity contribution in [3.05, 3.63) is 43.0 Å². The smallest absolute Gasteiger partial charge is 0.219 e. The fraction of sp³-hybridized carbons (Fsp3) is 0.429. The molecule has 0 amide bonds. The van der Waals surface area contributed by atoms with Gasteiger partial charge < -0.3 is 9.84 Å². The van der Waals surface area contributed by atoms with Crippen molar-refractivity contribution >= 4 is 0 Å². The Bertz CT molecular complexity index is 491. The van der Waals surface area contributed by atoms with Gasteiger partial charge in [0, 0.05) is 0 Å². The van der Waals surface area contributed by atoms with Crippen molar-refractivity contribution < 1.29 is 9.84 Å². The molecule has 1 aromatic heterocycles. The summed E-state index contributed by atoms with van der Waals surface area (Å²) >= 11 is 0. The first-order valence-electron chi connectivity index (χ1n) is 6.22. The molecule has 5 nitrogen and oxygen atoms in total. The third-order valence-electron chi connectivity index (χ3n) is 2.85. The zero-order valence-corrected chi connectivity index (χ0v) is 11.4. The van der Waals surface area contributed by atoms with Crippen LogP contribution in [0.15, 0.2) is 43.0 Å². The minimum absolute atomic E-state index is 0.328. The number of para-hydroxylation sites is 1. The Morgan fingerprint density at radius 1 is 1.21 bits per heavy atom. The highest BCUT2D eigenvalue weighted by Crippen LogP contribution is 2.29. The fourth-order valence-corrected chi connectivity index (χ4v) is 1.68. The van der Waals surface area contributed by atoms with Crippen LogP contribution in [0, 0.1) is 5.41 Å². The molecule has 0 spiro atoms. The molecule has 0 fully saturated rings. The molecule has 0 saturated heterocycles. The van der Waals surface area contributed by atoms with Crippen molar-refractivity contribution in [1.82, 2.24) is 14.8 Å². The molecule has 2 rings (SSSR count). The highest BCUT2D eigenvalue weighted by molar-refractivity contribution is 5.21. The Morgan fingerprint density at radius 3 is 2.42 bits per heavy atom. The van der Waals surface area contributed by atoms with Gasteiger partial charge in [-0.2, -0.15) is 5.10 Å². The Balaban J connectivity index is 2.25. The molecule has 0 aliphatic heterocycles. The highest BCUT2D eigenvalue weighted by atomic mass is 16.5. The van der Waals surface area contributed by atoms with Gasteiger partial charge in [0.25, 0.3) is 0 Å². The van der Waals surface area contributed by atoms with Gasteiger partial charge in [-0.1, -0.05) is 39.0 Å². The summed E-state index contributed by atoms with van der Waals surface area (Å²) in [4.78, 5) is 3.91. The van der Waals surface area contributed by atoms with E-state index in [1.54, 1.807) is 6.33 Å². The van der Waals surface area contributed by atoms with E-state index in [0.717, 1.165) is 0 Å². The van der Waals surface area contributed by atoms with Crippen molar-refractivity contribution in [1.29, 1.82) is 0 Å². The highest BCUT2D eigenvalue weighted by Gasteiger charge is 2.33. The summed E-state index contributed by atoms with van der Waals surface area (Å²) in [5, 5.41) is 14.5. The van der Waals surface area contributed by atoms with Crippen LogP contribution in [0.5, 0.6) is 5.75 Å². The minimum Gasteiger partial charge on any atom is -0.466 e. The molecule has 0 radical (unpaired) electrons. The van der Waals surface area contributed by atoms with Crippen LogP contribution in [-0.4, -0.2) is 26.0 Å². The number of rotatable bonds is 4. The maximum absolute atomic E-state index is 10.5. The molecule has 0 saturated carbocycles. The van der Waals surface area contributed by atoms with Crippen molar-refractivity contribution in [3.8, 4) is 5.75 Å². The van der Waals surface area contributed by atoms with E-state index < -0.39 is 12.3 Å². The third-order valence-corrected chi connectivity index (χ3v) is 2.85. The Labute approximate surface area is 112 Å². The summed E-state index contributed by atoms with van der Waals surface area (Å²) in [6.07, 6.45) is 1.65. The molecule has 0 aliphatic carbocycles. The normalized spacial score (nSPS) is 14.9. The molecule has 1 aromatic carbocycles. The van der Waals surface area contributed by atoms with E-state index in [0.29, 0.717) is 5.75 Å².